The predicted octanol–water partition coefficient (Wildman–Crippen LogP) is 9.06. The van der Waals surface area contributed by atoms with Crippen LogP contribution in [0.2, 0.25) is 0 Å². The minimum Gasteiger partial charge on any atom is -0.454 e. The highest BCUT2D eigenvalue weighted by Gasteiger charge is 2.39. The molecule has 0 saturated heterocycles. The van der Waals surface area contributed by atoms with Gasteiger partial charge in [-0.3, -0.25) is 13.9 Å². The minimum absolute atomic E-state index is 0.0491. The lowest BCUT2D eigenvalue weighted by molar-refractivity contribution is 0.0935. The summed E-state index contributed by atoms with van der Waals surface area (Å²) in [4.78, 5) is 17.8. The number of fused-ring (bicyclic) bond motifs is 2. The predicted molar refractivity (Wildman–Crippen MR) is 205 cm³/mol. The molecule has 1 aliphatic rings. The molecule has 1 atom stereocenters. The molecule has 264 valence electrons. The van der Waals surface area contributed by atoms with E-state index in [2.05, 4.69) is 89.3 Å². The number of ether oxygens (including phenoxy) is 2. The van der Waals surface area contributed by atoms with Crippen molar-refractivity contribution in [2.24, 2.45) is 0 Å². The van der Waals surface area contributed by atoms with Gasteiger partial charge in [0.1, 0.15) is 17.0 Å². The van der Waals surface area contributed by atoms with Crippen LogP contribution in [0.4, 0.5) is 4.39 Å². The Hall–Kier alpha value is -7.00. The molecule has 0 radical (unpaired) electrons. The molecular formula is C45H34FN5O3. The van der Waals surface area contributed by atoms with Gasteiger partial charge in [-0.15, -0.1) is 0 Å². The Kier molecular flexibility index (Phi) is 8.23. The molecular weight excluding hydrogens is 678 g/mol. The topological polar surface area (TPSA) is 82.7 Å². The second-order valence-electron chi connectivity index (χ2n) is 13.3. The molecule has 0 fully saturated rings. The van der Waals surface area contributed by atoms with Gasteiger partial charge < -0.3 is 14.8 Å². The summed E-state index contributed by atoms with van der Waals surface area (Å²) in [6, 6.07) is 44.9. The quantitative estimate of drug-likeness (QED) is 0.151. The molecule has 0 bridgehead atoms. The van der Waals surface area contributed by atoms with Crippen LogP contribution in [-0.2, 0) is 5.54 Å². The molecule has 0 aliphatic carbocycles. The smallest absolute Gasteiger partial charge is 0.254 e. The first-order chi connectivity index (χ1) is 26.5. The Bertz CT molecular complexity index is 2530. The SMILES string of the molecule is CC(NC(=O)c1ccc(-c2cnc3ccc(-c4cnn(C(c5ccccc5)(c5ccccc5)c5ccccc5)c4)cn23)cc1F)c1ccc2c(c1)OCO2. The summed E-state index contributed by atoms with van der Waals surface area (Å²) >= 11 is 0. The minimum atomic E-state index is -0.750. The summed E-state index contributed by atoms with van der Waals surface area (Å²) in [6.45, 7) is 2.00. The molecule has 1 unspecified atom stereocenters. The van der Waals surface area contributed by atoms with E-state index in [4.69, 9.17) is 14.6 Å². The first-order valence-corrected chi connectivity index (χ1v) is 17.7. The van der Waals surface area contributed by atoms with Gasteiger partial charge in [0.05, 0.1) is 29.7 Å². The number of amides is 1. The lowest BCUT2D eigenvalue weighted by Gasteiger charge is -2.36. The molecule has 0 spiro atoms. The molecule has 1 aliphatic heterocycles. The van der Waals surface area contributed by atoms with Crippen molar-refractivity contribution >= 4 is 11.6 Å². The standard InChI is InChI=1S/C45H34FN5O3/c1-30(31-18-21-41-42(24-31)54-29-53-41)49-44(52)38-20-17-32(23-39(38)46)40-26-47-43-22-19-33(27-50(40)43)34-25-48-51(28-34)45(35-11-5-2-6-12-35,36-13-7-3-8-14-36)37-15-9-4-10-16-37/h2-28,30H,29H2,1H3,(H,49,52). The van der Waals surface area contributed by atoms with Crippen LogP contribution in [0.3, 0.4) is 0 Å². The number of hydrogen-bond donors (Lipinski definition) is 1. The lowest BCUT2D eigenvalue weighted by atomic mass is 9.77. The van der Waals surface area contributed by atoms with E-state index in [1.165, 1.54) is 12.1 Å². The molecule has 8 nitrogen and oxygen atoms in total. The Morgan fingerprint density at radius 2 is 1.37 bits per heavy atom. The fourth-order valence-corrected chi connectivity index (χ4v) is 7.35. The molecule has 0 saturated carbocycles. The Morgan fingerprint density at radius 3 is 2.04 bits per heavy atom. The zero-order valence-electron chi connectivity index (χ0n) is 29.3. The maximum absolute atomic E-state index is 15.7. The van der Waals surface area contributed by atoms with Gasteiger partial charge in [-0.05, 0) is 65.6 Å². The van der Waals surface area contributed by atoms with Crippen molar-refractivity contribution in [3.63, 3.8) is 0 Å². The van der Waals surface area contributed by atoms with Crippen molar-refractivity contribution in [2.75, 3.05) is 6.79 Å². The Labute approximate surface area is 311 Å². The molecule has 3 aromatic heterocycles. The van der Waals surface area contributed by atoms with E-state index >= 15 is 4.39 Å². The number of carbonyl (C=O) groups excluding carboxylic acids is 1. The second-order valence-corrected chi connectivity index (χ2v) is 13.3. The van der Waals surface area contributed by atoms with Crippen molar-refractivity contribution < 1.29 is 18.7 Å². The highest BCUT2D eigenvalue weighted by molar-refractivity contribution is 5.95. The molecule has 5 aromatic carbocycles. The van der Waals surface area contributed by atoms with Crippen molar-refractivity contribution in [1.82, 2.24) is 24.5 Å². The van der Waals surface area contributed by atoms with Gasteiger partial charge in [0.25, 0.3) is 5.91 Å². The van der Waals surface area contributed by atoms with Gasteiger partial charge in [-0.25, -0.2) is 9.37 Å². The van der Waals surface area contributed by atoms with Crippen LogP contribution < -0.4 is 14.8 Å². The summed E-state index contributed by atoms with van der Waals surface area (Å²) in [5, 5.41) is 7.92. The number of pyridine rings is 1. The van der Waals surface area contributed by atoms with Crippen molar-refractivity contribution in [2.45, 2.75) is 18.5 Å². The number of nitrogens with zero attached hydrogens (tertiary/aromatic N) is 4. The maximum atomic E-state index is 15.7. The number of benzene rings is 5. The number of nitrogens with one attached hydrogen (secondary N) is 1. The zero-order valence-corrected chi connectivity index (χ0v) is 29.3. The van der Waals surface area contributed by atoms with Gasteiger partial charge in [-0.2, -0.15) is 5.10 Å². The third kappa shape index (κ3) is 5.67. The molecule has 1 N–H and O–H groups in total. The third-order valence-corrected chi connectivity index (χ3v) is 10.1. The Morgan fingerprint density at radius 1 is 0.722 bits per heavy atom. The summed E-state index contributed by atoms with van der Waals surface area (Å²) in [5.41, 5.74) is 7.03. The van der Waals surface area contributed by atoms with Crippen LogP contribution >= 0.6 is 0 Å². The molecule has 1 amide bonds. The molecule has 54 heavy (non-hydrogen) atoms. The first-order valence-electron chi connectivity index (χ1n) is 17.7. The average molecular weight is 712 g/mol. The lowest BCUT2D eigenvalue weighted by Crippen LogP contribution is -2.38. The fourth-order valence-electron chi connectivity index (χ4n) is 7.35. The van der Waals surface area contributed by atoms with E-state index in [-0.39, 0.29) is 18.4 Å². The van der Waals surface area contributed by atoms with E-state index in [0.29, 0.717) is 28.4 Å². The normalized spacial score (nSPS) is 12.9. The fraction of sp³-hybridized carbons (Fsp3) is 0.0889. The monoisotopic (exact) mass is 711 g/mol. The number of aromatic nitrogens is 4. The number of carbonyl (C=O) groups is 1. The van der Waals surface area contributed by atoms with Crippen molar-refractivity contribution in [1.29, 1.82) is 0 Å². The van der Waals surface area contributed by atoms with Crippen molar-refractivity contribution in [3.8, 4) is 33.9 Å². The van der Waals surface area contributed by atoms with Crippen LogP contribution in [0.25, 0.3) is 28.0 Å². The van der Waals surface area contributed by atoms with Crippen LogP contribution in [-0.4, -0.2) is 31.9 Å². The van der Waals surface area contributed by atoms with Crippen LogP contribution in [0.5, 0.6) is 11.5 Å². The summed E-state index contributed by atoms with van der Waals surface area (Å²) in [7, 11) is 0. The average Bonchev–Trinajstić information content (AvgIpc) is 4.00. The highest BCUT2D eigenvalue weighted by Crippen LogP contribution is 2.41. The van der Waals surface area contributed by atoms with Gasteiger partial charge >= 0.3 is 0 Å². The Balaban J connectivity index is 1.04. The second kappa shape index (κ2) is 13.5. The van der Waals surface area contributed by atoms with Crippen LogP contribution in [0.15, 0.2) is 164 Å². The number of hydrogen-bond acceptors (Lipinski definition) is 5. The number of rotatable bonds is 9. The highest BCUT2D eigenvalue weighted by atomic mass is 19.1. The molecule has 8 aromatic rings. The molecule has 9 rings (SSSR count). The van der Waals surface area contributed by atoms with E-state index in [1.54, 1.807) is 18.3 Å². The summed E-state index contributed by atoms with van der Waals surface area (Å²) in [6.07, 6.45) is 7.64. The van der Waals surface area contributed by atoms with E-state index in [1.807, 2.05) is 70.9 Å². The van der Waals surface area contributed by atoms with E-state index in [9.17, 15) is 4.79 Å². The van der Waals surface area contributed by atoms with E-state index < -0.39 is 17.3 Å². The first kappa shape index (κ1) is 32.9. The molecule has 9 heteroatoms. The van der Waals surface area contributed by atoms with Crippen LogP contribution in [0, 0.1) is 5.82 Å². The van der Waals surface area contributed by atoms with E-state index in [0.717, 1.165) is 33.4 Å². The zero-order chi connectivity index (χ0) is 36.6. The largest absolute Gasteiger partial charge is 0.454 e. The molecule has 4 heterocycles. The van der Waals surface area contributed by atoms with Crippen LogP contribution in [0.1, 0.15) is 45.6 Å². The maximum Gasteiger partial charge on any atom is 0.254 e. The van der Waals surface area contributed by atoms with Gasteiger partial charge in [-0.1, -0.05) is 103 Å². The number of imidazole rings is 1. The van der Waals surface area contributed by atoms with Gasteiger partial charge in [0, 0.05) is 29.1 Å². The van der Waals surface area contributed by atoms with Gasteiger partial charge in [0.15, 0.2) is 11.5 Å². The van der Waals surface area contributed by atoms with Gasteiger partial charge in [0.2, 0.25) is 6.79 Å². The number of halogens is 1. The summed E-state index contributed by atoms with van der Waals surface area (Å²) in [5.74, 6) is 0.132. The third-order valence-electron chi connectivity index (χ3n) is 10.1. The summed E-state index contributed by atoms with van der Waals surface area (Å²) < 4.78 is 30.5. The van der Waals surface area contributed by atoms with Crippen molar-refractivity contribution in [3.05, 3.63) is 198 Å².